The van der Waals surface area contributed by atoms with E-state index in [0.717, 1.165) is 25.0 Å². The molecule has 1 aliphatic heterocycles. The average molecular weight is 347 g/mol. The summed E-state index contributed by atoms with van der Waals surface area (Å²) in [5, 5.41) is 2.61. The third-order valence-electron chi connectivity index (χ3n) is 5.24. The van der Waals surface area contributed by atoms with Crippen molar-refractivity contribution >= 4 is 24.0 Å². The number of anilines is 1. The topological polar surface area (TPSA) is 64.3 Å². The molecule has 1 saturated carbocycles. The number of carbonyl (C=O) groups is 1. The predicted molar refractivity (Wildman–Crippen MR) is 85.4 cm³/mol. The summed E-state index contributed by atoms with van der Waals surface area (Å²) < 4.78 is 32.0. The van der Waals surface area contributed by atoms with E-state index in [9.17, 15) is 13.6 Å². The molecule has 1 aliphatic carbocycles. The van der Waals surface area contributed by atoms with E-state index in [0.29, 0.717) is 6.61 Å². The van der Waals surface area contributed by atoms with Crippen LogP contribution in [0.1, 0.15) is 26.7 Å². The Kier molecular flexibility index (Phi) is 4.72. The molecule has 1 saturated heterocycles. The minimum atomic E-state index is -1.08. The molecule has 128 valence electrons. The summed E-state index contributed by atoms with van der Waals surface area (Å²) in [6, 6.07) is 3.25. The highest BCUT2D eigenvalue weighted by molar-refractivity contribution is 6.00. The molecule has 7 heteroatoms. The number of rotatable bonds is 2. The molecule has 0 spiro atoms. The Morgan fingerprint density at radius 2 is 2.04 bits per heavy atom. The van der Waals surface area contributed by atoms with E-state index >= 15 is 0 Å². The van der Waals surface area contributed by atoms with Gasteiger partial charge in [0, 0.05) is 29.7 Å². The fraction of sp³-hybridized carbons (Fsp3) is 0.562. The van der Waals surface area contributed by atoms with Gasteiger partial charge in [-0.1, -0.05) is 13.8 Å². The lowest BCUT2D eigenvalue weighted by Crippen LogP contribution is -2.81. The van der Waals surface area contributed by atoms with E-state index in [2.05, 4.69) is 5.32 Å². The minimum Gasteiger partial charge on any atom is -0.377 e. The van der Waals surface area contributed by atoms with Crippen LogP contribution >= 0.6 is 12.4 Å². The van der Waals surface area contributed by atoms with Crippen LogP contribution in [0.4, 0.5) is 14.5 Å². The number of fused-ring (bicyclic) bond motifs is 1. The summed E-state index contributed by atoms with van der Waals surface area (Å²) in [6.07, 6.45) is 1.66. The Hall–Kier alpha value is -1.24. The van der Waals surface area contributed by atoms with Crippen LogP contribution < -0.4 is 11.1 Å². The molecule has 3 atom stereocenters. The maximum Gasteiger partial charge on any atom is 0.245 e. The predicted octanol–water partition coefficient (Wildman–Crippen LogP) is 2.86. The normalized spacial score (nSPS) is 31.3. The first-order valence-corrected chi connectivity index (χ1v) is 7.45. The van der Waals surface area contributed by atoms with Crippen LogP contribution in [-0.4, -0.2) is 24.2 Å². The lowest BCUT2D eigenvalue weighted by Gasteiger charge is -2.65. The van der Waals surface area contributed by atoms with Crippen LogP contribution in [-0.2, 0) is 9.53 Å². The van der Waals surface area contributed by atoms with Crippen molar-refractivity contribution in [2.75, 3.05) is 11.9 Å². The van der Waals surface area contributed by atoms with E-state index in [1.165, 1.54) is 6.07 Å². The first-order chi connectivity index (χ1) is 10.3. The summed E-state index contributed by atoms with van der Waals surface area (Å²) in [5.41, 5.74) is 5.04. The van der Waals surface area contributed by atoms with Gasteiger partial charge < -0.3 is 15.8 Å². The van der Waals surface area contributed by atoms with Gasteiger partial charge in [-0.3, -0.25) is 4.79 Å². The molecule has 0 aromatic heterocycles. The molecule has 2 aliphatic rings. The molecule has 3 unspecified atom stereocenters. The van der Waals surface area contributed by atoms with Crippen LogP contribution in [0.2, 0.25) is 0 Å². The minimum absolute atomic E-state index is 0. The fourth-order valence-electron chi connectivity index (χ4n) is 3.85. The van der Waals surface area contributed by atoms with Gasteiger partial charge in [0.25, 0.3) is 0 Å². The second kappa shape index (κ2) is 6.00. The maximum atomic E-state index is 13.3. The van der Waals surface area contributed by atoms with E-state index < -0.39 is 22.6 Å². The van der Waals surface area contributed by atoms with Crippen LogP contribution in [0.15, 0.2) is 18.2 Å². The zero-order valence-corrected chi connectivity index (χ0v) is 13.9. The highest BCUT2D eigenvalue weighted by Crippen LogP contribution is 2.57. The number of benzene rings is 1. The number of ether oxygens (including phenoxy) is 1. The number of halogens is 3. The molecular weight excluding hydrogens is 326 g/mol. The molecule has 3 N–H and O–H groups in total. The van der Waals surface area contributed by atoms with Gasteiger partial charge in [-0.15, -0.1) is 12.4 Å². The second-order valence-electron chi connectivity index (χ2n) is 6.71. The summed E-state index contributed by atoms with van der Waals surface area (Å²) >= 11 is 0. The van der Waals surface area contributed by atoms with Gasteiger partial charge in [0.05, 0.1) is 6.10 Å². The van der Waals surface area contributed by atoms with Crippen LogP contribution in [0.25, 0.3) is 0 Å². The molecule has 23 heavy (non-hydrogen) atoms. The molecule has 1 amide bonds. The van der Waals surface area contributed by atoms with Crippen LogP contribution in [0.3, 0.4) is 0 Å². The molecule has 0 bridgehead atoms. The number of hydrogen-bond acceptors (Lipinski definition) is 3. The van der Waals surface area contributed by atoms with E-state index in [1.54, 1.807) is 0 Å². The van der Waals surface area contributed by atoms with Crippen molar-refractivity contribution in [3.63, 3.8) is 0 Å². The van der Waals surface area contributed by atoms with E-state index in [1.807, 2.05) is 13.8 Å². The summed E-state index contributed by atoms with van der Waals surface area (Å²) in [6.45, 7) is 4.50. The van der Waals surface area contributed by atoms with Gasteiger partial charge in [-0.2, -0.15) is 0 Å². The highest BCUT2D eigenvalue weighted by atomic mass is 35.5. The molecule has 1 heterocycles. The van der Waals surface area contributed by atoms with Crippen molar-refractivity contribution < 1.29 is 18.3 Å². The van der Waals surface area contributed by atoms with Crippen molar-refractivity contribution in [3.05, 3.63) is 29.8 Å². The van der Waals surface area contributed by atoms with Crippen LogP contribution in [0.5, 0.6) is 0 Å². The van der Waals surface area contributed by atoms with Gasteiger partial charge in [0.1, 0.15) is 5.54 Å². The standard InChI is InChI=1S/C16H20F2N2O2.ClH/c1-15(2)13-10(4-3-7-22-13)16(15,19)14(21)20-9-5-6-11(17)12(18)8-9;/h5-6,8,10,13H,3-4,7,19H2,1-2H3,(H,20,21);1H. The van der Waals surface area contributed by atoms with Crippen molar-refractivity contribution in [1.82, 2.24) is 0 Å². The number of hydrogen-bond donors (Lipinski definition) is 2. The van der Waals surface area contributed by atoms with Gasteiger partial charge in [-0.25, -0.2) is 8.78 Å². The number of nitrogens with two attached hydrogens (primary N) is 1. The second-order valence-corrected chi connectivity index (χ2v) is 6.71. The molecule has 3 rings (SSSR count). The SMILES string of the molecule is CC1(C)C2OCCCC2C1(N)C(=O)Nc1ccc(F)c(F)c1.Cl. The van der Waals surface area contributed by atoms with E-state index in [4.69, 9.17) is 10.5 Å². The van der Waals surface area contributed by atoms with Gasteiger partial charge in [0.2, 0.25) is 5.91 Å². The quantitative estimate of drug-likeness (QED) is 0.865. The van der Waals surface area contributed by atoms with Crippen molar-refractivity contribution in [3.8, 4) is 0 Å². The highest BCUT2D eigenvalue weighted by Gasteiger charge is 2.70. The zero-order chi connectivity index (χ0) is 16.1. The number of carbonyl (C=O) groups excluding carboxylic acids is 1. The Morgan fingerprint density at radius 1 is 1.35 bits per heavy atom. The first-order valence-electron chi connectivity index (χ1n) is 7.45. The Morgan fingerprint density at radius 3 is 2.70 bits per heavy atom. The van der Waals surface area contributed by atoms with Crippen molar-refractivity contribution in [2.24, 2.45) is 17.1 Å². The lowest BCUT2D eigenvalue weighted by atomic mass is 9.46. The largest absolute Gasteiger partial charge is 0.377 e. The van der Waals surface area contributed by atoms with Gasteiger partial charge in [-0.05, 0) is 25.0 Å². The Labute approximate surface area is 140 Å². The monoisotopic (exact) mass is 346 g/mol. The summed E-state index contributed by atoms with van der Waals surface area (Å²) in [4.78, 5) is 12.7. The molecule has 2 fully saturated rings. The summed E-state index contributed by atoms with van der Waals surface area (Å²) in [5.74, 6) is -2.39. The zero-order valence-electron chi connectivity index (χ0n) is 13.1. The summed E-state index contributed by atoms with van der Waals surface area (Å²) in [7, 11) is 0. The first kappa shape index (κ1) is 18.1. The molecule has 1 aromatic rings. The molecular formula is C16H21ClF2N2O2. The van der Waals surface area contributed by atoms with Gasteiger partial charge >= 0.3 is 0 Å². The smallest absolute Gasteiger partial charge is 0.245 e. The average Bonchev–Trinajstić information content (AvgIpc) is 2.50. The third kappa shape index (κ3) is 2.53. The Bertz CT molecular complexity index is 626. The maximum absolute atomic E-state index is 13.3. The number of amides is 1. The van der Waals surface area contributed by atoms with Crippen molar-refractivity contribution in [1.29, 1.82) is 0 Å². The van der Waals surface area contributed by atoms with Crippen molar-refractivity contribution in [2.45, 2.75) is 38.3 Å². The lowest BCUT2D eigenvalue weighted by molar-refractivity contribution is -0.222. The van der Waals surface area contributed by atoms with E-state index in [-0.39, 0.29) is 36.0 Å². The number of nitrogens with one attached hydrogen (secondary N) is 1. The third-order valence-corrected chi connectivity index (χ3v) is 5.24. The molecule has 0 radical (unpaired) electrons. The Balaban J connectivity index is 0.00000192. The molecule has 4 nitrogen and oxygen atoms in total. The fourth-order valence-corrected chi connectivity index (χ4v) is 3.85. The van der Waals surface area contributed by atoms with Gasteiger partial charge in [0.15, 0.2) is 11.6 Å². The molecule has 1 aromatic carbocycles. The van der Waals surface area contributed by atoms with Crippen LogP contribution in [0, 0.1) is 23.0 Å².